The Balaban J connectivity index is 2.63. The molecule has 0 saturated carbocycles. The molecule has 0 aliphatic carbocycles. The van der Waals surface area contributed by atoms with Crippen LogP contribution >= 0.6 is 23.2 Å². The van der Waals surface area contributed by atoms with Gasteiger partial charge in [-0.25, -0.2) is 0 Å². The molecule has 3 nitrogen and oxygen atoms in total. The first-order valence-electron chi connectivity index (χ1n) is 3.84. The number of halogens is 2. The molecule has 5 heteroatoms. The number of nitrogen functional groups attached to an aromatic ring is 1. The molecule has 0 saturated heterocycles. The molecule has 1 aromatic carbocycles. The van der Waals surface area contributed by atoms with Crippen molar-refractivity contribution in [3.8, 4) is 11.3 Å². The Labute approximate surface area is 90.4 Å². The molecule has 0 radical (unpaired) electrons. The Morgan fingerprint density at radius 2 is 2.07 bits per heavy atom. The van der Waals surface area contributed by atoms with Gasteiger partial charge in [0.2, 0.25) is 0 Å². The lowest BCUT2D eigenvalue weighted by Gasteiger charge is -2.01. The number of hydrogen-bond acceptors (Lipinski definition) is 3. The zero-order valence-electron chi connectivity index (χ0n) is 7.00. The molecular formula is C9H6Cl2N2O. The highest BCUT2D eigenvalue weighted by molar-refractivity contribution is 6.43. The minimum absolute atomic E-state index is 0.414. The third-order valence-electron chi connectivity index (χ3n) is 1.79. The van der Waals surface area contributed by atoms with Gasteiger partial charge in [-0.15, -0.1) is 0 Å². The summed E-state index contributed by atoms with van der Waals surface area (Å²) in [5.74, 6) is 0.442. The topological polar surface area (TPSA) is 52.0 Å². The maximum atomic E-state index is 5.98. The summed E-state index contributed by atoms with van der Waals surface area (Å²) in [6, 6.07) is 5.23. The van der Waals surface area contributed by atoms with Crippen LogP contribution in [0.2, 0.25) is 10.0 Å². The van der Waals surface area contributed by atoms with E-state index in [-0.39, 0.29) is 0 Å². The second kappa shape index (κ2) is 3.52. The smallest absolute Gasteiger partial charge is 0.191 e. The molecule has 0 aliphatic heterocycles. The molecule has 0 amide bonds. The number of hydrogen-bond donors (Lipinski definition) is 1. The van der Waals surface area contributed by atoms with Crippen LogP contribution < -0.4 is 5.73 Å². The highest BCUT2D eigenvalue weighted by atomic mass is 35.5. The van der Waals surface area contributed by atoms with Crippen LogP contribution in [0.15, 0.2) is 28.9 Å². The fourth-order valence-corrected chi connectivity index (χ4v) is 1.52. The average molecular weight is 229 g/mol. The molecular weight excluding hydrogens is 223 g/mol. The Bertz CT molecular complexity index is 468. The van der Waals surface area contributed by atoms with E-state index in [1.807, 2.05) is 0 Å². The Morgan fingerprint density at radius 1 is 1.29 bits per heavy atom. The van der Waals surface area contributed by atoms with Gasteiger partial charge >= 0.3 is 0 Å². The molecule has 72 valence electrons. The molecule has 2 N–H and O–H groups in total. The first kappa shape index (κ1) is 9.37. The Hall–Kier alpha value is -1.19. The van der Waals surface area contributed by atoms with Crippen molar-refractivity contribution >= 4 is 28.9 Å². The van der Waals surface area contributed by atoms with Crippen LogP contribution in [-0.2, 0) is 0 Å². The summed E-state index contributed by atoms with van der Waals surface area (Å²) in [5, 5.41) is 4.44. The first-order valence-corrected chi connectivity index (χ1v) is 4.60. The normalized spacial score (nSPS) is 10.4. The van der Waals surface area contributed by atoms with Crippen molar-refractivity contribution in [2.75, 3.05) is 5.73 Å². The number of benzene rings is 1. The number of nitrogens with zero attached hydrogens (tertiary/aromatic N) is 1. The van der Waals surface area contributed by atoms with Gasteiger partial charge in [0.05, 0.1) is 16.2 Å². The SMILES string of the molecule is Nc1cnoc1-c1cccc(Cl)c1Cl. The minimum atomic E-state index is 0.414. The van der Waals surface area contributed by atoms with Crippen LogP contribution in [0.5, 0.6) is 0 Å². The summed E-state index contributed by atoms with van der Waals surface area (Å²) in [5.41, 5.74) is 6.72. The fourth-order valence-electron chi connectivity index (χ4n) is 1.13. The van der Waals surface area contributed by atoms with Gasteiger partial charge in [-0.2, -0.15) is 0 Å². The fraction of sp³-hybridized carbons (Fsp3) is 0. The second-order valence-corrected chi connectivity index (χ2v) is 3.50. The van der Waals surface area contributed by atoms with Crippen molar-refractivity contribution in [1.29, 1.82) is 0 Å². The van der Waals surface area contributed by atoms with Crippen molar-refractivity contribution in [2.45, 2.75) is 0 Å². The van der Waals surface area contributed by atoms with Gasteiger partial charge < -0.3 is 10.3 Å². The molecule has 1 aromatic heterocycles. The van der Waals surface area contributed by atoms with Crippen molar-refractivity contribution < 1.29 is 4.52 Å². The largest absolute Gasteiger partial charge is 0.394 e. The lowest BCUT2D eigenvalue weighted by molar-refractivity contribution is 0.432. The van der Waals surface area contributed by atoms with E-state index in [1.165, 1.54) is 6.20 Å². The third kappa shape index (κ3) is 1.45. The Kier molecular flexibility index (Phi) is 2.35. The van der Waals surface area contributed by atoms with Gasteiger partial charge in [-0.05, 0) is 12.1 Å². The van der Waals surface area contributed by atoms with Crippen LogP contribution in [0, 0.1) is 0 Å². The molecule has 0 bridgehead atoms. The predicted molar refractivity (Wildman–Crippen MR) is 56.4 cm³/mol. The zero-order valence-corrected chi connectivity index (χ0v) is 8.51. The summed E-state index contributed by atoms with van der Waals surface area (Å²) in [4.78, 5) is 0. The Morgan fingerprint density at radius 3 is 2.71 bits per heavy atom. The van der Waals surface area contributed by atoms with Crippen LogP contribution in [0.4, 0.5) is 5.69 Å². The predicted octanol–water partition coefficient (Wildman–Crippen LogP) is 3.23. The molecule has 0 atom stereocenters. The zero-order chi connectivity index (χ0) is 10.1. The molecule has 2 aromatic rings. The van der Waals surface area contributed by atoms with Gasteiger partial charge in [0.25, 0.3) is 0 Å². The van der Waals surface area contributed by atoms with E-state index in [4.69, 9.17) is 33.5 Å². The monoisotopic (exact) mass is 228 g/mol. The lowest BCUT2D eigenvalue weighted by Crippen LogP contribution is -1.85. The van der Waals surface area contributed by atoms with Gasteiger partial charge in [-0.3, -0.25) is 0 Å². The summed E-state index contributed by atoms with van der Waals surface area (Å²) < 4.78 is 4.97. The number of anilines is 1. The van der Waals surface area contributed by atoms with Crippen molar-refractivity contribution in [3.63, 3.8) is 0 Å². The molecule has 1 heterocycles. The highest BCUT2D eigenvalue weighted by Gasteiger charge is 2.13. The maximum absolute atomic E-state index is 5.98. The van der Waals surface area contributed by atoms with Gasteiger partial charge in [0.15, 0.2) is 5.76 Å². The molecule has 0 fully saturated rings. The van der Waals surface area contributed by atoms with Gasteiger partial charge in [0.1, 0.15) is 5.69 Å². The summed E-state index contributed by atoms with van der Waals surface area (Å²) in [6.07, 6.45) is 1.42. The van der Waals surface area contributed by atoms with E-state index in [1.54, 1.807) is 18.2 Å². The quantitative estimate of drug-likeness (QED) is 0.816. The van der Waals surface area contributed by atoms with Crippen LogP contribution in [0.1, 0.15) is 0 Å². The molecule has 14 heavy (non-hydrogen) atoms. The van der Waals surface area contributed by atoms with Gasteiger partial charge in [-0.1, -0.05) is 34.4 Å². The number of aromatic nitrogens is 1. The average Bonchev–Trinajstić information content (AvgIpc) is 2.57. The van der Waals surface area contributed by atoms with Crippen molar-refractivity contribution in [3.05, 3.63) is 34.4 Å². The van der Waals surface area contributed by atoms with E-state index in [9.17, 15) is 0 Å². The van der Waals surface area contributed by atoms with Crippen LogP contribution in [0.3, 0.4) is 0 Å². The van der Waals surface area contributed by atoms with E-state index in [2.05, 4.69) is 5.16 Å². The van der Waals surface area contributed by atoms with Crippen molar-refractivity contribution in [1.82, 2.24) is 5.16 Å². The standard InChI is InChI=1S/C9H6Cl2N2O/c10-6-3-1-2-5(8(6)11)9-7(12)4-13-14-9/h1-4H,12H2. The molecule has 0 spiro atoms. The van der Waals surface area contributed by atoms with Crippen LogP contribution in [0.25, 0.3) is 11.3 Å². The summed E-state index contributed by atoms with van der Waals surface area (Å²) >= 11 is 11.8. The van der Waals surface area contributed by atoms with E-state index in [0.717, 1.165) is 0 Å². The first-order chi connectivity index (χ1) is 6.70. The lowest BCUT2D eigenvalue weighted by atomic mass is 10.1. The van der Waals surface area contributed by atoms with Gasteiger partial charge in [0, 0.05) is 5.56 Å². The summed E-state index contributed by atoms with van der Waals surface area (Å²) in [7, 11) is 0. The van der Waals surface area contributed by atoms with E-state index < -0.39 is 0 Å². The summed E-state index contributed by atoms with van der Waals surface area (Å²) in [6.45, 7) is 0. The van der Waals surface area contributed by atoms with E-state index >= 15 is 0 Å². The maximum Gasteiger partial charge on any atom is 0.191 e. The van der Waals surface area contributed by atoms with E-state index in [0.29, 0.717) is 27.1 Å². The van der Waals surface area contributed by atoms with Crippen molar-refractivity contribution in [2.24, 2.45) is 0 Å². The minimum Gasteiger partial charge on any atom is -0.394 e. The number of rotatable bonds is 1. The second-order valence-electron chi connectivity index (χ2n) is 2.71. The van der Waals surface area contributed by atoms with Crippen LogP contribution in [-0.4, -0.2) is 5.16 Å². The highest BCUT2D eigenvalue weighted by Crippen LogP contribution is 2.35. The molecule has 0 unspecified atom stereocenters. The molecule has 0 aliphatic rings. The molecule has 2 rings (SSSR count). The third-order valence-corrected chi connectivity index (χ3v) is 2.61. The number of nitrogens with two attached hydrogens (primary N) is 1.